The molecule has 0 aromatic carbocycles. The van der Waals surface area contributed by atoms with Gasteiger partial charge >= 0.3 is 6.02 Å². The van der Waals surface area contributed by atoms with Crippen molar-refractivity contribution in [1.82, 2.24) is 30.5 Å². The van der Waals surface area contributed by atoms with E-state index < -0.39 is 0 Å². The van der Waals surface area contributed by atoms with E-state index in [2.05, 4.69) is 37.0 Å². The van der Waals surface area contributed by atoms with Gasteiger partial charge in [0, 0.05) is 53.8 Å². The average molecular weight is 365 g/mol. The molecule has 27 heavy (non-hydrogen) atoms. The molecule has 1 saturated carbocycles. The Morgan fingerprint density at radius 1 is 1.19 bits per heavy atom. The third kappa shape index (κ3) is 3.11. The minimum Gasteiger partial charge on any atom is -0.434 e. The molecule has 140 valence electrons. The van der Waals surface area contributed by atoms with Gasteiger partial charge in [0.1, 0.15) is 5.65 Å². The van der Waals surface area contributed by atoms with Crippen LogP contribution in [0.5, 0.6) is 0 Å². The number of ether oxygens (including phenoxy) is 1. The van der Waals surface area contributed by atoms with Gasteiger partial charge in [-0.05, 0) is 18.9 Å². The molecule has 0 radical (unpaired) electrons. The second kappa shape index (κ2) is 6.61. The zero-order valence-corrected chi connectivity index (χ0v) is 15.3. The number of aromatic nitrogens is 4. The third-order valence-electron chi connectivity index (χ3n) is 5.33. The predicted molar refractivity (Wildman–Crippen MR) is 103 cm³/mol. The highest BCUT2D eigenvalue weighted by Crippen LogP contribution is 2.30. The molecule has 0 saturated heterocycles. The molecule has 2 aliphatic rings. The number of rotatable bonds is 3. The Bertz CT molecular complexity index is 983. The summed E-state index contributed by atoms with van der Waals surface area (Å²) >= 11 is 0. The zero-order chi connectivity index (χ0) is 18.2. The number of pyridine rings is 1. The summed E-state index contributed by atoms with van der Waals surface area (Å²) in [7, 11) is 1.91. The molecule has 3 N–H and O–H groups in total. The van der Waals surface area contributed by atoms with Crippen molar-refractivity contribution in [2.45, 2.75) is 44.4 Å². The molecule has 1 aliphatic heterocycles. The van der Waals surface area contributed by atoms with Crippen LogP contribution in [0.2, 0.25) is 0 Å². The van der Waals surface area contributed by atoms with E-state index in [9.17, 15) is 0 Å². The largest absolute Gasteiger partial charge is 0.434 e. The Kier molecular flexibility index (Phi) is 3.95. The molecule has 0 amide bonds. The van der Waals surface area contributed by atoms with Crippen LogP contribution in [0.1, 0.15) is 43.9 Å². The van der Waals surface area contributed by atoms with Crippen molar-refractivity contribution in [3.63, 3.8) is 0 Å². The molecule has 3 aromatic heterocycles. The third-order valence-corrected chi connectivity index (χ3v) is 5.33. The highest BCUT2D eigenvalue weighted by molar-refractivity contribution is 5.85. The molecule has 0 spiro atoms. The number of hydrogen-bond acceptors (Lipinski definition) is 6. The molecule has 8 nitrogen and oxygen atoms in total. The number of nitrogens with one attached hydrogen (secondary N) is 3. The van der Waals surface area contributed by atoms with Crippen molar-refractivity contribution < 1.29 is 4.74 Å². The van der Waals surface area contributed by atoms with Gasteiger partial charge in [-0.25, -0.2) is 4.98 Å². The second-order valence-electron chi connectivity index (χ2n) is 7.29. The van der Waals surface area contributed by atoms with Crippen LogP contribution in [0.15, 0.2) is 36.0 Å². The summed E-state index contributed by atoms with van der Waals surface area (Å²) in [4.78, 5) is 7.76. The van der Waals surface area contributed by atoms with Gasteiger partial charge in [-0.1, -0.05) is 19.3 Å². The number of fused-ring (bicyclic) bond motifs is 1. The zero-order valence-electron chi connectivity index (χ0n) is 15.3. The maximum Gasteiger partial charge on any atom is 0.308 e. The maximum atomic E-state index is 6.03. The van der Waals surface area contributed by atoms with Crippen LogP contribution < -0.4 is 10.7 Å². The number of aromatic amines is 1. The van der Waals surface area contributed by atoms with Crippen molar-refractivity contribution in [3.05, 3.63) is 36.4 Å². The first-order valence-electron chi connectivity index (χ1n) is 9.49. The van der Waals surface area contributed by atoms with E-state index in [-0.39, 0.29) is 6.23 Å². The molecule has 1 atom stereocenters. The second-order valence-corrected chi connectivity index (χ2v) is 7.29. The van der Waals surface area contributed by atoms with Crippen molar-refractivity contribution >= 4 is 17.1 Å². The molecule has 1 unspecified atom stereocenters. The highest BCUT2D eigenvalue weighted by atomic mass is 16.5. The minimum absolute atomic E-state index is 0.323. The summed E-state index contributed by atoms with van der Waals surface area (Å²) in [5.74, 6) is 0. The van der Waals surface area contributed by atoms with Gasteiger partial charge in [-0.15, -0.1) is 5.10 Å². The summed E-state index contributed by atoms with van der Waals surface area (Å²) in [5, 5.41) is 13.0. The Morgan fingerprint density at radius 2 is 2.07 bits per heavy atom. The van der Waals surface area contributed by atoms with E-state index in [4.69, 9.17) is 4.74 Å². The van der Waals surface area contributed by atoms with Crippen LogP contribution >= 0.6 is 0 Å². The maximum absolute atomic E-state index is 6.03. The lowest BCUT2D eigenvalue weighted by atomic mass is 9.96. The molecule has 1 fully saturated rings. The number of nitrogens with zero attached hydrogens (tertiary/aromatic N) is 4. The monoisotopic (exact) mass is 365 g/mol. The SMILES string of the molecule is Cn1cc(-c2cnc3[nH]cc(C4NN=C(NC5CCCCC5)O4)c3c2)cn1. The van der Waals surface area contributed by atoms with Crippen molar-refractivity contribution in [3.8, 4) is 11.1 Å². The van der Waals surface area contributed by atoms with Crippen molar-refractivity contribution in [2.75, 3.05) is 0 Å². The van der Waals surface area contributed by atoms with E-state index in [0.29, 0.717) is 12.1 Å². The highest BCUT2D eigenvalue weighted by Gasteiger charge is 2.26. The quantitative estimate of drug-likeness (QED) is 0.664. The molecule has 1 aliphatic carbocycles. The van der Waals surface area contributed by atoms with Crippen LogP contribution in [-0.4, -0.2) is 31.8 Å². The van der Waals surface area contributed by atoms with Gasteiger partial charge in [0.15, 0.2) is 0 Å². The van der Waals surface area contributed by atoms with E-state index in [1.54, 1.807) is 4.68 Å². The lowest BCUT2D eigenvalue weighted by Gasteiger charge is -2.23. The first-order chi connectivity index (χ1) is 13.3. The first-order valence-corrected chi connectivity index (χ1v) is 9.49. The average Bonchev–Trinajstić information content (AvgIpc) is 3.41. The summed E-state index contributed by atoms with van der Waals surface area (Å²) < 4.78 is 7.82. The fourth-order valence-corrected chi connectivity index (χ4v) is 3.87. The lowest BCUT2D eigenvalue weighted by molar-refractivity contribution is 0.181. The Hall–Kier alpha value is -3.03. The summed E-state index contributed by atoms with van der Waals surface area (Å²) in [6.45, 7) is 0. The summed E-state index contributed by atoms with van der Waals surface area (Å²) in [5.41, 5.74) is 6.98. The molecule has 4 heterocycles. The van der Waals surface area contributed by atoms with Crippen LogP contribution in [0, 0.1) is 0 Å². The standard InChI is InChI=1S/C19H23N7O/c1-26-11-13(9-22-26)12-7-15-16(10-21-17(15)20-8-12)18-24-25-19(27-18)23-14-5-3-2-4-6-14/h7-11,14,18,24H,2-6H2,1H3,(H,20,21)(H,23,25). The molecule has 3 aromatic rings. The van der Waals surface area contributed by atoms with Gasteiger partial charge in [-0.2, -0.15) is 5.10 Å². The fraction of sp³-hybridized carbons (Fsp3) is 0.421. The Morgan fingerprint density at radius 3 is 2.89 bits per heavy atom. The normalized spacial score (nSPS) is 20.3. The van der Waals surface area contributed by atoms with Crippen LogP contribution in [0.4, 0.5) is 0 Å². The van der Waals surface area contributed by atoms with Crippen molar-refractivity contribution in [2.24, 2.45) is 12.1 Å². The molecular weight excluding hydrogens is 342 g/mol. The van der Waals surface area contributed by atoms with E-state index in [1.165, 1.54) is 32.1 Å². The molecular formula is C19H23N7O. The van der Waals surface area contributed by atoms with Gasteiger partial charge in [0.2, 0.25) is 6.23 Å². The summed E-state index contributed by atoms with van der Waals surface area (Å²) in [6.07, 6.45) is 13.5. The Labute approximate surface area is 157 Å². The van der Waals surface area contributed by atoms with Crippen LogP contribution in [0.25, 0.3) is 22.2 Å². The number of hydrogen-bond donors (Lipinski definition) is 3. The van der Waals surface area contributed by atoms with E-state index in [0.717, 1.165) is 27.7 Å². The molecule has 8 heteroatoms. The lowest BCUT2D eigenvalue weighted by Crippen LogP contribution is -2.36. The van der Waals surface area contributed by atoms with Crippen LogP contribution in [-0.2, 0) is 11.8 Å². The van der Waals surface area contributed by atoms with Gasteiger partial charge < -0.3 is 15.0 Å². The molecule has 0 bridgehead atoms. The van der Waals surface area contributed by atoms with Crippen LogP contribution in [0.3, 0.4) is 0 Å². The van der Waals surface area contributed by atoms with E-state index >= 15 is 0 Å². The number of aryl methyl sites for hydroxylation is 1. The number of hydrazone groups is 1. The Balaban J connectivity index is 1.36. The van der Waals surface area contributed by atoms with Gasteiger partial charge in [-0.3, -0.25) is 10.1 Å². The smallest absolute Gasteiger partial charge is 0.308 e. The minimum atomic E-state index is -0.323. The number of H-pyrrole nitrogens is 1. The predicted octanol–water partition coefficient (Wildman–Crippen LogP) is 2.78. The van der Waals surface area contributed by atoms with Gasteiger partial charge in [0.25, 0.3) is 0 Å². The molecule has 5 rings (SSSR count). The number of amidine groups is 1. The topological polar surface area (TPSA) is 92.2 Å². The first kappa shape index (κ1) is 16.2. The van der Waals surface area contributed by atoms with Crippen molar-refractivity contribution in [1.29, 1.82) is 0 Å². The fourth-order valence-electron chi connectivity index (χ4n) is 3.87. The van der Waals surface area contributed by atoms with Gasteiger partial charge in [0.05, 0.1) is 6.20 Å². The summed E-state index contributed by atoms with van der Waals surface area (Å²) in [6, 6.07) is 3.15. The van der Waals surface area contributed by atoms with E-state index in [1.807, 2.05) is 31.8 Å².